The van der Waals surface area contributed by atoms with Gasteiger partial charge in [0.2, 0.25) is 0 Å². The van der Waals surface area contributed by atoms with Crippen LogP contribution >= 0.6 is 38.5 Å². The van der Waals surface area contributed by atoms with Crippen LogP contribution in [0.1, 0.15) is 17.3 Å². The van der Waals surface area contributed by atoms with Crippen LogP contribution < -0.4 is 5.73 Å². The molecule has 0 saturated heterocycles. The van der Waals surface area contributed by atoms with Gasteiger partial charge in [-0.1, -0.05) is 0 Å². The lowest BCUT2D eigenvalue weighted by Crippen LogP contribution is -2.01. The monoisotopic (exact) mass is 339 g/mol. The normalized spacial score (nSPS) is 9.92. The molecule has 1 rings (SSSR count). The van der Waals surface area contributed by atoms with Gasteiger partial charge in [-0.25, -0.2) is 0 Å². The fourth-order valence-electron chi connectivity index (χ4n) is 0.965. The molecule has 0 radical (unpaired) electrons. The van der Waals surface area contributed by atoms with Crippen LogP contribution in [0.2, 0.25) is 0 Å². The van der Waals surface area contributed by atoms with Gasteiger partial charge < -0.3 is 5.73 Å². The molecule has 0 amide bonds. The van der Waals surface area contributed by atoms with Gasteiger partial charge in [0.05, 0.1) is 5.56 Å². The summed E-state index contributed by atoms with van der Waals surface area (Å²) in [6.45, 7) is 1.50. The van der Waals surface area contributed by atoms with E-state index >= 15 is 0 Å². The highest BCUT2D eigenvalue weighted by molar-refractivity contribution is 14.1. The van der Waals surface area contributed by atoms with Crippen LogP contribution in [0.4, 0.5) is 5.69 Å². The van der Waals surface area contributed by atoms with Crippen LogP contribution in [0.25, 0.3) is 0 Å². The molecule has 0 aliphatic rings. The predicted octanol–water partition coefficient (Wildman–Crippen LogP) is 2.84. The summed E-state index contributed by atoms with van der Waals surface area (Å²) in [4.78, 5) is 11.1. The average molecular weight is 340 g/mol. The molecule has 0 saturated carbocycles. The minimum absolute atomic E-state index is 0.0178. The highest BCUT2D eigenvalue weighted by Gasteiger charge is 2.09. The smallest absolute Gasteiger partial charge is 0.163 e. The first-order valence-corrected chi connectivity index (χ1v) is 5.15. The number of rotatable bonds is 1. The van der Waals surface area contributed by atoms with Crippen molar-refractivity contribution in [1.29, 1.82) is 0 Å². The Morgan fingerprint density at radius 3 is 2.58 bits per heavy atom. The Kier molecular flexibility index (Phi) is 3.11. The number of nitrogen functional groups attached to an aromatic ring is 1. The van der Waals surface area contributed by atoms with Gasteiger partial charge in [0, 0.05) is 13.7 Å². The molecule has 0 fully saturated rings. The van der Waals surface area contributed by atoms with Crippen molar-refractivity contribution >= 4 is 50.0 Å². The summed E-state index contributed by atoms with van der Waals surface area (Å²) in [7, 11) is 0. The van der Waals surface area contributed by atoms with Crippen molar-refractivity contribution in [3.63, 3.8) is 0 Å². The SMILES string of the molecule is CC(=O)c1c(N)cc(I)cc1Br. The molecule has 12 heavy (non-hydrogen) atoms. The molecule has 0 atom stereocenters. The predicted molar refractivity (Wildman–Crippen MR) is 61.3 cm³/mol. The van der Waals surface area contributed by atoms with Gasteiger partial charge in [-0.15, -0.1) is 0 Å². The molecule has 2 nitrogen and oxygen atoms in total. The van der Waals surface area contributed by atoms with Crippen LogP contribution in [0.5, 0.6) is 0 Å². The Bertz CT molecular complexity index is 315. The third kappa shape index (κ3) is 1.98. The van der Waals surface area contributed by atoms with Crippen molar-refractivity contribution in [2.45, 2.75) is 6.92 Å². The molecule has 64 valence electrons. The number of ketones is 1. The maximum absolute atomic E-state index is 11.1. The number of hydrogen-bond donors (Lipinski definition) is 1. The zero-order valence-electron chi connectivity index (χ0n) is 6.40. The minimum Gasteiger partial charge on any atom is -0.398 e. The Balaban J connectivity index is 3.38. The topological polar surface area (TPSA) is 43.1 Å². The summed E-state index contributed by atoms with van der Waals surface area (Å²) in [5.74, 6) is -0.0178. The third-order valence-electron chi connectivity index (χ3n) is 1.44. The van der Waals surface area contributed by atoms with E-state index in [-0.39, 0.29) is 5.78 Å². The lowest BCUT2D eigenvalue weighted by atomic mass is 10.1. The summed E-state index contributed by atoms with van der Waals surface area (Å²) in [5.41, 5.74) is 6.76. The second kappa shape index (κ2) is 3.74. The van der Waals surface area contributed by atoms with Crippen LogP contribution in [-0.4, -0.2) is 5.78 Å². The maximum atomic E-state index is 11.1. The van der Waals surface area contributed by atoms with E-state index in [0.29, 0.717) is 11.3 Å². The van der Waals surface area contributed by atoms with Crippen molar-refractivity contribution in [2.24, 2.45) is 0 Å². The van der Waals surface area contributed by atoms with Crippen molar-refractivity contribution in [3.8, 4) is 0 Å². The van der Waals surface area contributed by atoms with Crippen molar-refractivity contribution in [2.75, 3.05) is 5.73 Å². The van der Waals surface area contributed by atoms with Crippen molar-refractivity contribution in [1.82, 2.24) is 0 Å². The average Bonchev–Trinajstić information content (AvgIpc) is 1.82. The van der Waals surface area contributed by atoms with Gasteiger partial charge in [-0.05, 0) is 57.6 Å². The van der Waals surface area contributed by atoms with Gasteiger partial charge in [0.1, 0.15) is 0 Å². The molecule has 0 aliphatic carbocycles. The Morgan fingerprint density at radius 1 is 1.58 bits per heavy atom. The fourth-order valence-corrected chi connectivity index (χ4v) is 2.79. The second-order valence-electron chi connectivity index (χ2n) is 2.41. The number of carbonyl (C=O) groups is 1. The van der Waals surface area contributed by atoms with Crippen LogP contribution in [0.3, 0.4) is 0 Å². The molecule has 0 unspecified atom stereocenters. The van der Waals surface area contributed by atoms with Crippen molar-refractivity contribution in [3.05, 3.63) is 25.7 Å². The van der Waals surface area contributed by atoms with E-state index in [0.717, 1.165) is 8.04 Å². The van der Waals surface area contributed by atoms with Crippen LogP contribution in [0, 0.1) is 3.57 Å². The van der Waals surface area contributed by atoms with Gasteiger partial charge in [-0.2, -0.15) is 0 Å². The first-order chi connectivity index (χ1) is 5.52. The van der Waals surface area contributed by atoms with E-state index in [1.807, 2.05) is 6.07 Å². The minimum atomic E-state index is -0.0178. The Labute approximate surface area is 92.8 Å². The van der Waals surface area contributed by atoms with E-state index in [9.17, 15) is 4.79 Å². The number of nitrogens with two attached hydrogens (primary N) is 1. The summed E-state index contributed by atoms with van der Waals surface area (Å²) >= 11 is 5.44. The molecule has 0 heterocycles. The molecule has 0 aromatic heterocycles. The van der Waals surface area contributed by atoms with Crippen molar-refractivity contribution < 1.29 is 4.79 Å². The van der Waals surface area contributed by atoms with E-state index < -0.39 is 0 Å². The quantitative estimate of drug-likeness (QED) is 0.485. The van der Waals surface area contributed by atoms with E-state index in [4.69, 9.17) is 5.73 Å². The highest BCUT2D eigenvalue weighted by atomic mass is 127. The fraction of sp³-hybridized carbons (Fsp3) is 0.125. The molecular formula is C8H7BrINO. The van der Waals surface area contributed by atoms with Gasteiger partial charge in [-0.3, -0.25) is 4.79 Å². The standard InChI is InChI=1S/C8H7BrINO/c1-4(12)8-6(9)2-5(10)3-7(8)11/h2-3H,11H2,1H3. The van der Waals surface area contributed by atoms with Gasteiger partial charge >= 0.3 is 0 Å². The summed E-state index contributed by atoms with van der Waals surface area (Å²) in [5, 5.41) is 0. The van der Waals surface area contributed by atoms with E-state index in [1.165, 1.54) is 6.92 Å². The lowest BCUT2D eigenvalue weighted by molar-refractivity contribution is 0.101. The first-order valence-electron chi connectivity index (χ1n) is 3.28. The largest absolute Gasteiger partial charge is 0.398 e. The lowest BCUT2D eigenvalue weighted by Gasteiger charge is -2.04. The molecule has 0 bridgehead atoms. The Hall–Kier alpha value is -0.100. The van der Waals surface area contributed by atoms with Crippen LogP contribution in [0.15, 0.2) is 16.6 Å². The Morgan fingerprint density at radius 2 is 2.17 bits per heavy atom. The highest BCUT2D eigenvalue weighted by Crippen LogP contribution is 2.26. The number of Topliss-reactive ketones (excluding diaryl/α,β-unsaturated/α-hetero) is 1. The summed E-state index contributed by atoms with van der Waals surface area (Å²) in [6.07, 6.45) is 0. The first kappa shape index (κ1) is 9.98. The molecule has 0 spiro atoms. The molecule has 1 aromatic carbocycles. The number of hydrogen-bond acceptors (Lipinski definition) is 2. The maximum Gasteiger partial charge on any atom is 0.163 e. The molecular weight excluding hydrogens is 333 g/mol. The van der Waals surface area contributed by atoms with Crippen LogP contribution in [-0.2, 0) is 0 Å². The van der Waals surface area contributed by atoms with E-state index in [1.54, 1.807) is 6.07 Å². The third-order valence-corrected chi connectivity index (χ3v) is 2.69. The van der Waals surface area contributed by atoms with Gasteiger partial charge in [0.25, 0.3) is 0 Å². The zero-order valence-corrected chi connectivity index (χ0v) is 10.1. The molecule has 0 aliphatic heterocycles. The molecule has 4 heteroatoms. The summed E-state index contributed by atoms with van der Waals surface area (Å²) < 4.78 is 1.78. The second-order valence-corrected chi connectivity index (χ2v) is 4.51. The zero-order chi connectivity index (χ0) is 9.30. The molecule has 2 N–H and O–H groups in total. The van der Waals surface area contributed by atoms with Gasteiger partial charge in [0.15, 0.2) is 5.78 Å². The van der Waals surface area contributed by atoms with E-state index in [2.05, 4.69) is 38.5 Å². The number of halogens is 2. The summed E-state index contributed by atoms with van der Waals surface area (Å²) in [6, 6.07) is 3.65. The molecule has 1 aromatic rings. The number of benzene rings is 1. The number of anilines is 1. The number of carbonyl (C=O) groups excluding carboxylic acids is 1.